The first kappa shape index (κ1) is 13.3. The van der Waals surface area contributed by atoms with Crippen LogP contribution in [-0.4, -0.2) is 35.2 Å². The Morgan fingerprint density at radius 3 is 2.69 bits per heavy atom. The maximum absolute atomic E-state index is 11.9. The molecule has 1 saturated heterocycles. The van der Waals surface area contributed by atoms with Crippen LogP contribution in [0.4, 0.5) is 4.79 Å². The first-order valence-corrected chi connectivity index (χ1v) is 6.10. The van der Waals surface area contributed by atoms with Crippen molar-refractivity contribution >= 4 is 6.09 Å². The van der Waals surface area contributed by atoms with Crippen LogP contribution in [0.1, 0.15) is 47.0 Å². The van der Waals surface area contributed by atoms with Crippen LogP contribution in [0.25, 0.3) is 0 Å². The summed E-state index contributed by atoms with van der Waals surface area (Å²) in [5.74, 6) is 0. The Labute approximate surface area is 98.1 Å². The number of ether oxygens (including phenoxy) is 1. The van der Waals surface area contributed by atoms with Gasteiger partial charge in [0.1, 0.15) is 5.60 Å². The van der Waals surface area contributed by atoms with Crippen LogP contribution in [0.3, 0.4) is 0 Å². The summed E-state index contributed by atoms with van der Waals surface area (Å²) in [6.45, 7) is 8.48. The molecule has 0 radical (unpaired) electrons. The van der Waals surface area contributed by atoms with E-state index in [1.807, 2.05) is 20.8 Å². The van der Waals surface area contributed by atoms with E-state index in [0.29, 0.717) is 0 Å². The molecule has 2 atom stereocenters. The van der Waals surface area contributed by atoms with Gasteiger partial charge in [0.25, 0.3) is 0 Å². The molecule has 2 unspecified atom stereocenters. The fourth-order valence-corrected chi connectivity index (χ4v) is 2.06. The first-order chi connectivity index (χ1) is 7.35. The number of hydrogen-bond acceptors (Lipinski definition) is 3. The molecular formula is C12H24N2O2. The second-order valence-corrected chi connectivity index (χ2v) is 5.46. The predicted octanol–water partition coefficient (Wildman–Crippen LogP) is 2.12. The average Bonchev–Trinajstić information content (AvgIpc) is 2.62. The van der Waals surface area contributed by atoms with Gasteiger partial charge in [-0.3, -0.25) is 0 Å². The molecule has 94 valence electrons. The van der Waals surface area contributed by atoms with Gasteiger partial charge < -0.3 is 15.4 Å². The van der Waals surface area contributed by atoms with E-state index < -0.39 is 5.60 Å². The maximum Gasteiger partial charge on any atom is 0.410 e. The van der Waals surface area contributed by atoms with Gasteiger partial charge in [0.05, 0.1) is 6.04 Å². The number of rotatable bonds is 2. The number of amides is 1. The first-order valence-electron chi connectivity index (χ1n) is 6.10. The van der Waals surface area contributed by atoms with Crippen molar-refractivity contribution in [1.82, 2.24) is 4.90 Å². The van der Waals surface area contributed by atoms with E-state index in [2.05, 4.69) is 6.92 Å². The highest BCUT2D eigenvalue weighted by molar-refractivity contribution is 5.69. The molecule has 0 aromatic carbocycles. The quantitative estimate of drug-likeness (QED) is 0.787. The van der Waals surface area contributed by atoms with Crippen molar-refractivity contribution in [2.75, 3.05) is 6.54 Å². The summed E-state index contributed by atoms with van der Waals surface area (Å²) in [4.78, 5) is 13.7. The lowest BCUT2D eigenvalue weighted by Crippen LogP contribution is -2.48. The molecule has 0 aliphatic carbocycles. The van der Waals surface area contributed by atoms with Crippen LogP contribution in [-0.2, 0) is 4.74 Å². The van der Waals surface area contributed by atoms with E-state index >= 15 is 0 Å². The van der Waals surface area contributed by atoms with E-state index in [9.17, 15) is 4.79 Å². The molecule has 0 saturated carbocycles. The molecule has 1 heterocycles. The van der Waals surface area contributed by atoms with Crippen LogP contribution in [0, 0.1) is 0 Å². The highest BCUT2D eigenvalue weighted by atomic mass is 16.6. The Balaban J connectivity index is 2.61. The summed E-state index contributed by atoms with van der Waals surface area (Å²) in [5, 5.41) is 0. The minimum absolute atomic E-state index is 0.0648. The van der Waals surface area contributed by atoms with Crippen molar-refractivity contribution < 1.29 is 9.53 Å². The van der Waals surface area contributed by atoms with Crippen molar-refractivity contribution in [3.05, 3.63) is 0 Å². The summed E-state index contributed by atoms with van der Waals surface area (Å²) < 4.78 is 5.38. The topological polar surface area (TPSA) is 55.6 Å². The number of nitrogens with zero attached hydrogens (tertiary/aromatic N) is 1. The molecule has 0 aromatic heterocycles. The molecular weight excluding hydrogens is 204 g/mol. The third-order valence-corrected chi connectivity index (χ3v) is 2.89. The largest absolute Gasteiger partial charge is 0.444 e. The average molecular weight is 228 g/mol. The molecule has 1 fully saturated rings. The third-order valence-electron chi connectivity index (χ3n) is 2.89. The Hall–Kier alpha value is -0.770. The molecule has 1 aliphatic heterocycles. The Morgan fingerprint density at radius 1 is 1.56 bits per heavy atom. The second-order valence-electron chi connectivity index (χ2n) is 5.46. The van der Waals surface area contributed by atoms with Crippen LogP contribution < -0.4 is 5.73 Å². The smallest absolute Gasteiger partial charge is 0.410 e. The van der Waals surface area contributed by atoms with Gasteiger partial charge in [0.15, 0.2) is 0 Å². The summed E-state index contributed by atoms with van der Waals surface area (Å²) in [6, 6.07) is 0.217. The zero-order chi connectivity index (χ0) is 12.3. The normalized spacial score (nSPS) is 23.3. The molecule has 0 bridgehead atoms. The monoisotopic (exact) mass is 228 g/mol. The Kier molecular flexibility index (Phi) is 4.19. The molecule has 1 rings (SSSR count). The number of carbonyl (C=O) groups excluding carboxylic acids is 1. The van der Waals surface area contributed by atoms with Crippen molar-refractivity contribution in [3.8, 4) is 0 Å². The fourth-order valence-electron chi connectivity index (χ4n) is 2.06. The number of nitrogens with two attached hydrogens (primary N) is 1. The molecule has 1 amide bonds. The van der Waals surface area contributed by atoms with Crippen molar-refractivity contribution in [3.63, 3.8) is 0 Å². The van der Waals surface area contributed by atoms with E-state index in [0.717, 1.165) is 25.8 Å². The summed E-state index contributed by atoms with van der Waals surface area (Å²) in [6.07, 6.45) is 2.69. The minimum Gasteiger partial charge on any atom is -0.444 e. The standard InChI is InChI=1S/C12H24N2O2/c1-5-9(13)10-7-6-8-14(10)11(15)16-12(2,3)4/h9-10H,5-8,13H2,1-4H3. The molecule has 1 aliphatic rings. The van der Waals surface area contributed by atoms with E-state index in [4.69, 9.17) is 10.5 Å². The lowest BCUT2D eigenvalue weighted by molar-refractivity contribution is 0.0206. The minimum atomic E-state index is -0.430. The summed E-state index contributed by atoms with van der Waals surface area (Å²) in [5.41, 5.74) is 5.59. The van der Waals surface area contributed by atoms with E-state index in [1.54, 1.807) is 4.90 Å². The van der Waals surface area contributed by atoms with Crippen molar-refractivity contribution in [1.29, 1.82) is 0 Å². The van der Waals surface area contributed by atoms with Gasteiger partial charge in [-0.2, -0.15) is 0 Å². The molecule has 0 aromatic rings. The van der Waals surface area contributed by atoms with Gasteiger partial charge in [0.2, 0.25) is 0 Å². The highest BCUT2D eigenvalue weighted by Gasteiger charge is 2.34. The van der Waals surface area contributed by atoms with Gasteiger partial charge >= 0.3 is 6.09 Å². The molecule has 4 nitrogen and oxygen atoms in total. The fraction of sp³-hybridized carbons (Fsp3) is 0.917. The molecule has 0 spiro atoms. The van der Waals surface area contributed by atoms with E-state index in [1.165, 1.54) is 0 Å². The second kappa shape index (κ2) is 5.04. The molecule has 2 N–H and O–H groups in total. The summed E-state index contributed by atoms with van der Waals surface area (Å²) in [7, 11) is 0. The number of carbonyl (C=O) groups is 1. The Bertz CT molecular complexity index is 248. The SMILES string of the molecule is CCC(N)C1CCCN1C(=O)OC(C)(C)C. The van der Waals surface area contributed by atoms with Crippen LogP contribution in [0.2, 0.25) is 0 Å². The lowest BCUT2D eigenvalue weighted by atomic mass is 10.0. The molecule has 4 heteroatoms. The van der Waals surface area contributed by atoms with Crippen LogP contribution >= 0.6 is 0 Å². The van der Waals surface area contributed by atoms with Gasteiger partial charge in [-0.25, -0.2) is 4.79 Å². The van der Waals surface area contributed by atoms with Crippen LogP contribution in [0.15, 0.2) is 0 Å². The zero-order valence-electron chi connectivity index (χ0n) is 10.8. The Morgan fingerprint density at radius 2 is 2.19 bits per heavy atom. The summed E-state index contributed by atoms with van der Waals surface area (Å²) >= 11 is 0. The predicted molar refractivity (Wildman–Crippen MR) is 64.2 cm³/mol. The maximum atomic E-state index is 11.9. The lowest BCUT2D eigenvalue weighted by Gasteiger charge is -2.31. The van der Waals surface area contributed by atoms with Crippen LogP contribution in [0.5, 0.6) is 0 Å². The van der Waals surface area contributed by atoms with Crippen molar-refractivity contribution in [2.45, 2.75) is 64.6 Å². The van der Waals surface area contributed by atoms with Gasteiger partial charge in [0, 0.05) is 12.6 Å². The van der Waals surface area contributed by atoms with E-state index in [-0.39, 0.29) is 18.2 Å². The van der Waals surface area contributed by atoms with Gasteiger partial charge in [-0.1, -0.05) is 6.92 Å². The van der Waals surface area contributed by atoms with Crippen molar-refractivity contribution in [2.24, 2.45) is 5.73 Å². The highest BCUT2D eigenvalue weighted by Crippen LogP contribution is 2.23. The number of hydrogen-bond donors (Lipinski definition) is 1. The zero-order valence-corrected chi connectivity index (χ0v) is 10.8. The van der Waals surface area contributed by atoms with Gasteiger partial charge in [-0.05, 0) is 40.0 Å². The molecule has 16 heavy (non-hydrogen) atoms. The third kappa shape index (κ3) is 3.37. The van der Waals surface area contributed by atoms with Gasteiger partial charge in [-0.15, -0.1) is 0 Å². The number of likely N-dealkylation sites (tertiary alicyclic amines) is 1.